The summed E-state index contributed by atoms with van der Waals surface area (Å²) in [6.45, 7) is -0.309. The maximum absolute atomic E-state index is 14.1. The molecule has 0 radical (unpaired) electrons. The van der Waals surface area contributed by atoms with Crippen LogP contribution >= 0.6 is 23.4 Å². The number of methoxy groups -OCH3 is 1. The molecule has 2 amide bonds. The summed E-state index contributed by atoms with van der Waals surface area (Å²) in [7, 11) is -2.64. The van der Waals surface area contributed by atoms with E-state index in [1.807, 2.05) is 0 Å². The van der Waals surface area contributed by atoms with Crippen molar-refractivity contribution in [2.75, 3.05) is 7.11 Å². The monoisotopic (exact) mass is 533 g/mol. The summed E-state index contributed by atoms with van der Waals surface area (Å²) in [5.74, 6) is -0.718. The molecule has 1 saturated heterocycles. The summed E-state index contributed by atoms with van der Waals surface area (Å²) >= 11 is 6.71. The van der Waals surface area contributed by atoms with E-state index < -0.39 is 27.1 Å². The van der Waals surface area contributed by atoms with Gasteiger partial charge in [0.1, 0.15) is 22.2 Å². The Labute approximate surface area is 210 Å². The summed E-state index contributed by atoms with van der Waals surface area (Å²) < 4.78 is 49.5. The first kappa shape index (κ1) is 24.8. The Hall–Kier alpha value is -3.34. The molecule has 0 saturated carbocycles. The predicted molar refractivity (Wildman–Crippen MR) is 130 cm³/mol. The van der Waals surface area contributed by atoms with Crippen molar-refractivity contribution < 1.29 is 31.3 Å². The average molecular weight is 534 g/mol. The first-order chi connectivity index (χ1) is 16.7. The average Bonchev–Trinajstić information content (AvgIpc) is 3.08. The lowest BCUT2D eigenvalue weighted by molar-refractivity contribution is -0.123. The van der Waals surface area contributed by atoms with Crippen LogP contribution in [0.2, 0.25) is 5.02 Å². The summed E-state index contributed by atoms with van der Waals surface area (Å²) in [6.07, 6.45) is 1.43. The molecule has 1 aliphatic rings. The Morgan fingerprint density at radius 1 is 1.03 bits per heavy atom. The third-order valence-corrected chi connectivity index (χ3v) is 7.48. The highest BCUT2D eigenvalue weighted by Gasteiger charge is 2.36. The minimum Gasteiger partial charge on any atom is -0.497 e. The molecule has 35 heavy (non-hydrogen) atoms. The van der Waals surface area contributed by atoms with Crippen molar-refractivity contribution in [3.8, 4) is 11.5 Å². The van der Waals surface area contributed by atoms with Crippen molar-refractivity contribution in [1.82, 2.24) is 4.90 Å². The highest BCUT2D eigenvalue weighted by Crippen LogP contribution is 2.35. The molecule has 0 spiro atoms. The zero-order valence-corrected chi connectivity index (χ0v) is 20.5. The molecule has 11 heteroatoms. The van der Waals surface area contributed by atoms with Crippen LogP contribution in [0.25, 0.3) is 6.08 Å². The summed E-state index contributed by atoms with van der Waals surface area (Å²) in [5.41, 5.74) is 0.471. The molecule has 0 aromatic heterocycles. The molecule has 1 aliphatic heterocycles. The normalized spacial score (nSPS) is 15.1. The van der Waals surface area contributed by atoms with E-state index in [2.05, 4.69) is 0 Å². The molecule has 3 aromatic carbocycles. The van der Waals surface area contributed by atoms with E-state index in [1.165, 1.54) is 67.8 Å². The van der Waals surface area contributed by atoms with Gasteiger partial charge in [-0.2, -0.15) is 8.42 Å². The summed E-state index contributed by atoms with van der Waals surface area (Å²) in [4.78, 5) is 26.2. The molecule has 3 aromatic rings. The number of carbonyl (C=O) groups excluding carboxylic acids is 2. The topological polar surface area (TPSA) is 90.0 Å². The highest BCUT2D eigenvalue weighted by molar-refractivity contribution is 8.18. The Balaban J connectivity index is 1.53. The van der Waals surface area contributed by atoms with Crippen LogP contribution in [-0.2, 0) is 21.5 Å². The van der Waals surface area contributed by atoms with Gasteiger partial charge >= 0.3 is 10.1 Å². The first-order valence-electron chi connectivity index (χ1n) is 10.0. The van der Waals surface area contributed by atoms with Crippen molar-refractivity contribution in [1.29, 1.82) is 0 Å². The van der Waals surface area contributed by atoms with Crippen molar-refractivity contribution in [2.45, 2.75) is 11.4 Å². The van der Waals surface area contributed by atoms with Gasteiger partial charge in [-0.1, -0.05) is 29.8 Å². The van der Waals surface area contributed by atoms with Crippen LogP contribution in [0.4, 0.5) is 9.18 Å². The maximum atomic E-state index is 14.1. The van der Waals surface area contributed by atoms with Crippen molar-refractivity contribution in [2.24, 2.45) is 0 Å². The van der Waals surface area contributed by atoms with Crippen LogP contribution in [0.1, 0.15) is 11.1 Å². The third kappa shape index (κ3) is 5.50. The van der Waals surface area contributed by atoms with Crippen LogP contribution < -0.4 is 8.92 Å². The molecule has 180 valence electrons. The van der Waals surface area contributed by atoms with Crippen LogP contribution in [0.15, 0.2) is 76.5 Å². The highest BCUT2D eigenvalue weighted by atomic mass is 35.5. The predicted octanol–water partition coefficient (Wildman–Crippen LogP) is 5.49. The number of rotatable bonds is 7. The minimum absolute atomic E-state index is 0.0203. The van der Waals surface area contributed by atoms with Gasteiger partial charge in [-0.15, -0.1) is 0 Å². The Kier molecular flexibility index (Phi) is 7.15. The van der Waals surface area contributed by atoms with Gasteiger partial charge in [0, 0.05) is 10.6 Å². The van der Waals surface area contributed by atoms with Gasteiger partial charge in [0.25, 0.3) is 11.1 Å². The summed E-state index contributed by atoms with van der Waals surface area (Å²) in [5, 5.41) is -0.467. The largest absolute Gasteiger partial charge is 0.497 e. The van der Waals surface area contributed by atoms with E-state index in [-0.39, 0.29) is 32.7 Å². The summed E-state index contributed by atoms with van der Waals surface area (Å²) in [6, 6.07) is 15.8. The van der Waals surface area contributed by atoms with Gasteiger partial charge in [-0.25, -0.2) is 4.39 Å². The maximum Gasteiger partial charge on any atom is 0.339 e. The van der Waals surface area contributed by atoms with Gasteiger partial charge < -0.3 is 8.92 Å². The van der Waals surface area contributed by atoms with E-state index in [0.717, 1.165) is 4.90 Å². The molecule has 1 heterocycles. The van der Waals surface area contributed by atoms with E-state index in [0.29, 0.717) is 23.1 Å². The number of halogens is 2. The lowest BCUT2D eigenvalue weighted by Gasteiger charge is -2.14. The fourth-order valence-electron chi connectivity index (χ4n) is 3.20. The molecule has 0 N–H and O–H groups in total. The van der Waals surface area contributed by atoms with Crippen molar-refractivity contribution >= 4 is 50.7 Å². The number of nitrogens with zero attached hydrogens (tertiary/aromatic N) is 1. The van der Waals surface area contributed by atoms with Gasteiger partial charge in [-0.05, 0) is 71.9 Å². The number of hydrogen-bond donors (Lipinski definition) is 0. The number of hydrogen-bond acceptors (Lipinski definition) is 7. The Bertz CT molecular complexity index is 1420. The molecule has 7 nitrogen and oxygen atoms in total. The molecular formula is C24H17ClFNO6S2. The van der Waals surface area contributed by atoms with E-state index in [1.54, 1.807) is 12.1 Å². The standard InChI is InChI=1S/C24H17ClFNO6S2/c1-32-16-8-10-18(11-9-16)35(30,31)33-17-5-2-4-15(12-17)13-22-23(28)27(24(29)34-22)14-19-20(25)6-3-7-21(19)26/h2-13H,14H2,1H3/b22-13-. The van der Waals surface area contributed by atoms with Gasteiger partial charge in [0.15, 0.2) is 0 Å². The Morgan fingerprint density at radius 2 is 1.74 bits per heavy atom. The quantitative estimate of drug-likeness (QED) is 0.293. The fraction of sp³-hybridized carbons (Fsp3) is 0.0833. The molecule has 0 atom stereocenters. The number of imide groups is 1. The molecule has 0 unspecified atom stereocenters. The van der Waals surface area contributed by atoms with Gasteiger partial charge in [0.05, 0.1) is 18.6 Å². The zero-order chi connectivity index (χ0) is 25.2. The van der Waals surface area contributed by atoms with Crippen LogP contribution in [-0.4, -0.2) is 31.6 Å². The molecule has 1 fully saturated rings. The molecule has 0 aliphatic carbocycles. The lowest BCUT2D eigenvalue weighted by Crippen LogP contribution is -2.28. The first-order valence-corrected chi connectivity index (χ1v) is 12.6. The van der Waals surface area contributed by atoms with Crippen LogP contribution in [0.3, 0.4) is 0 Å². The van der Waals surface area contributed by atoms with Gasteiger partial charge in [0.2, 0.25) is 0 Å². The number of ether oxygens (including phenoxy) is 1. The second-order valence-electron chi connectivity index (χ2n) is 7.25. The molecule has 0 bridgehead atoms. The second kappa shape index (κ2) is 10.1. The SMILES string of the molecule is COc1ccc(S(=O)(=O)Oc2cccc(/C=C3\SC(=O)N(Cc4c(F)cccc4Cl)C3=O)c2)cc1. The van der Waals surface area contributed by atoms with Crippen molar-refractivity contribution in [3.05, 3.63) is 93.6 Å². The fourth-order valence-corrected chi connectivity index (χ4v) is 5.19. The number of thioether (sulfide) groups is 1. The Morgan fingerprint density at radius 3 is 2.43 bits per heavy atom. The van der Waals surface area contributed by atoms with E-state index in [4.69, 9.17) is 20.5 Å². The van der Waals surface area contributed by atoms with Gasteiger partial charge in [-0.3, -0.25) is 14.5 Å². The molecular weight excluding hydrogens is 517 g/mol. The smallest absolute Gasteiger partial charge is 0.339 e. The second-order valence-corrected chi connectivity index (χ2v) is 10.2. The van der Waals surface area contributed by atoms with Crippen molar-refractivity contribution in [3.63, 3.8) is 0 Å². The number of amides is 2. The van der Waals surface area contributed by atoms with Crippen LogP contribution in [0.5, 0.6) is 11.5 Å². The zero-order valence-electron chi connectivity index (χ0n) is 18.1. The molecule has 4 rings (SSSR count). The lowest BCUT2D eigenvalue weighted by atomic mass is 10.2. The van der Waals surface area contributed by atoms with E-state index >= 15 is 0 Å². The number of benzene rings is 3. The third-order valence-electron chi connectivity index (χ3n) is 4.96. The number of carbonyl (C=O) groups is 2. The minimum atomic E-state index is -4.11. The van der Waals surface area contributed by atoms with Crippen LogP contribution in [0, 0.1) is 5.82 Å². The van der Waals surface area contributed by atoms with E-state index in [9.17, 15) is 22.4 Å².